The number of nitrogens with one attached hydrogen (secondary N) is 1. The number of hydrogen-bond acceptors (Lipinski definition) is 7. The zero-order valence-electron chi connectivity index (χ0n) is 20.9. The standard InChI is InChI=1S/C26H21F3N4O6S/c1-40(37,38)21-9-14(11-30)5-6-18(21)23-22-19(7-8-20(22)34)32(17-4-2-3-15(10-17)26(27,28)29)25(36)33(23)24(35)31-16-12-39-13-16/h2-6,9-10,16,23H,7-8,12-13H2,1H3,(H,31,35)/t23-/m1/s1. The predicted molar refractivity (Wildman–Crippen MR) is 133 cm³/mol. The molecule has 0 saturated carbocycles. The van der Waals surface area contributed by atoms with Crippen molar-refractivity contribution in [2.45, 2.75) is 36.0 Å². The first-order valence-electron chi connectivity index (χ1n) is 12.0. The quantitative estimate of drug-likeness (QED) is 0.588. The molecule has 1 atom stereocenters. The SMILES string of the molecule is CS(=O)(=O)c1cc(C#N)ccc1[C@@H]1C2=C(CCC2=O)N(c2cccc(C(F)(F)F)c2)C(=O)N1C(=O)NC1COC1. The summed E-state index contributed by atoms with van der Waals surface area (Å²) in [5.74, 6) is -0.502. The number of rotatable bonds is 4. The van der Waals surface area contributed by atoms with Crippen molar-refractivity contribution in [2.24, 2.45) is 0 Å². The fourth-order valence-corrected chi connectivity index (χ4v) is 5.92. The van der Waals surface area contributed by atoms with E-state index in [2.05, 4.69) is 5.32 Å². The monoisotopic (exact) mass is 574 g/mol. The normalized spacial score (nSPS) is 19.8. The summed E-state index contributed by atoms with van der Waals surface area (Å²) in [6.07, 6.45) is -3.98. The molecule has 2 aromatic carbocycles. The lowest BCUT2D eigenvalue weighted by Gasteiger charge is -2.42. The van der Waals surface area contributed by atoms with Crippen LogP contribution in [0.25, 0.3) is 0 Å². The van der Waals surface area contributed by atoms with Crippen LogP contribution in [0.3, 0.4) is 0 Å². The molecule has 0 radical (unpaired) electrons. The summed E-state index contributed by atoms with van der Waals surface area (Å²) in [5.41, 5.74) is -1.38. The van der Waals surface area contributed by atoms with Gasteiger partial charge in [0.05, 0.1) is 47.0 Å². The summed E-state index contributed by atoms with van der Waals surface area (Å²) >= 11 is 0. The highest BCUT2D eigenvalue weighted by Crippen LogP contribution is 2.47. The fraction of sp³-hybridized carbons (Fsp3) is 0.308. The van der Waals surface area contributed by atoms with E-state index in [1.165, 1.54) is 18.2 Å². The first-order chi connectivity index (χ1) is 18.8. The molecule has 1 aliphatic carbocycles. The van der Waals surface area contributed by atoms with Crippen molar-refractivity contribution in [1.82, 2.24) is 10.2 Å². The molecule has 0 aromatic heterocycles. The van der Waals surface area contributed by atoms with E-state index >= 15 is 0 Å². The molecular weight excluding hydrogens is 553 g/mol. The summed E-state index contributed by atoms with van der Waals surface area (Å²) in [5, 5.41) is 11.9. The largest absolute Gasteiger partial charge is 0.416 e. The second kappa shape index (κ2) is 9.76. The Morgan fingerprint density at radius 2 is 1.85 bits per heavy atom. The van der Waals surface area contributed by atoms with Gasteiger partial charge in [-0.2, -0.15) is 18.4 Å². The van der Waals surface area contributed by atoms with Crippen LogP contribution in [-0.2, 0) is 25.5 Å². The molecule has 5 rings (SSSR count). The van der Waals surface area contributed by atoms with Crippen LogP contribution in [0.4, 0.5) is 28.4 Å². The second-order valence-corrected chi connectivity index (χ2v) is 11.5. The maximum atomic E-state index is 14.1. The van der Waals surface area contributed by atoms with Crippen LogP contribution in [0.2, 0.25) is 0 Å². The smallest absolute Gasteiger partial charge is 0.377 e. The van der Waals surface area contributed by atoms with Crippen LogP contribution in [0.1, 0.15) is 35.6 Å². The van der Waals surface area contributed by atoms with E-state index in [0.717, 1.165) is 35.4 Å². The van der Waals surface area contributed by atoms with Crippen molar-refractivity contribution in [3.05, 3.63) is 70.4 Å². The minimum atomic E-state index is -4.73. The molecule has 14 heteroatoms. The van der Waals surface area contributed by atoms with Crippen molar-refractivity contribution in [3.63, 3.8) is 0 Å². The number of amides is 4. The molecule has 208 valence electrons. The first-order valence-corrected chi connectivity index (χ1v) is 13.9. The van der Waals surface area contributed by atoms with Gasteiger partial charge in [0.25, 0.3) is 0 Å². The highest BCUT2D eigenvalue weighted by Gasteiger charge is 2.50. The summed E-state index contributed by atoms with van der Waals surface area (Å²) in [4.78, 5) is 42.1. The number of ether oxygens (including phenoxy) is 1. The lowest BCUT2D eigenvalue weighted by molar-refractivity contribution is -0.137. The maximum Gasteiger partial charge on any atom is 0.416 e. The molecule has 0 spiro atoms. The van der Waals surface area contributed by atoms with Crippen molar-refractivity contribution in [2.75, 3.05) is 24.4 Å². The highest BCUT2D eigenvalue weighted by atomic mass is 32.2. The number of urea groups is 2. The van der Waals surface area contributed by atoms with Gasteiger partial charge in [-0.05, 0) is 42.3 Å². The lowest BCUT2D eigenvalue weighted by atomic mass is 9.92. The molecule has 10 nitrogen and oxygen atoms in total. The van der Waals surface area contributed by atoms with Gasteiger partial charge in [0, 0.05) is 23.9 Å². The zero-order chi connectivity index (χ0) is 29.0. The molecule has 2 aromatic rings. The van der Waals surface area contributed by atoms with Crippen LogP contribution in [0.5, 0.6) is 0 Å². The Labute approximate surface area is 226 Å². The molecule has 3 aliphatic rings. The molecule has 0 bridgehead atoms. The third kappa shape index (κ3) is 4.71. The van der Waals surface area contributed by atoms with Crippen LogP contribution < -0.4 is 10.2 Å². The van der Waals surface area contributed by atoms with Gasteiger partial charge in [0.15, 0.2) is 15.6 Å². The average molecular weight is 575 g/mol. The van der Waals surface area contributed by atoms with Gasteiger partial charge in [-0.15, -0.1) is 0 Å². The summed E-state index contributed by atoms with van der Waals surface area (Å²) < 4.78 is 71.2. The van der Waals surface area contributed by atoms with Crippen LogP contribution in [0.15, 0.2) is 58.6 Å². The predicted octanol–water partition coefficient (Wildman–Crippen LogP) is 3.69. The minimum absolute atomic E-state index is 0.00790. The molecule has 1 saturated heterocycles. The number of hydrogen-bond donors (Lipinski definition) is 1. The number of halogens is 3. The number of ketones is 1. The number of nitrogens with zero attached hydrogens (tertiary/aromatic N) is 3. The third-order valence-electron chi connectivity index (χ3n) is 6.85. The van der Waals surface area contributed by atoms with Crippen molar-refractivity contribution >= 4 is 33.4 Å². The fourth-order valence-electron chi connectivity index (χ4n) is 4.97. The molecule has 40 heavy (non-hydrogen) atoms. The van der Waals surface area contributed by atoms with Gasteiger partial charge in [0.1, 0.15) is 6.04 Å². The molecule has 2 heterocycles. The Bertz CT molecular complexity index is 1630. The number of anilines is 1. The number of carbonyl (C=O) groups is 3. The Morgan fingerprint density at radius 1 is 1.12 bits per heavy atom. The van der Waals surface area contributed by atoms with E-state index < -0.39 is 51.5 Å². The molecule has 1 N–H and O–H groups in total. The number of nitriles is 1. The second-order valence-electron chi connectivity index (χ2n) is 9.54. The van der Waals surface area contributed by atoms with Crippen molar-refractivity contribution in [1.29, 1.82) is 5.26 Å². The average Bonchev–Trinajstić information content (AvgIpc) is 3.24. The van der Waals surface area contributed by atoms with E-state index in [4.69, 9.17) is 4.74 Å². The molecule has 2 aliphatic heterocycles. The van der Waals surface area contributed by atoms with Crippen molar-refractivity contribution < 1.29 is 40.7 Å². The third-order valence-corrected chi connectivity index (χ3v) is 8.00. The Morgan fingerprint density at radius 3 is 2.45 bits per heavy atom. The Balaban J connectivity index is 1.76. The van der Waals surface area contributed by atoms with Crippen LogP contribution >= 0.6 is 0 Å². The molecule has 4 amide bonds. The van der Waals surface area contributed by atoms with E-state index in [0.29, 0.717) is 4.90 Å². The summed E-state index contributed by atoms with van der Waals surface area (Å²) in [6, 6.07) is 5.35. The van der Waals surface area contributed by atoms with Crippen LogP contribution in [0, 0.1) is 11.3 Å². The number of allylic oxidation sites excluding steroid dienone is 1. The molecular formula is C26H21F3N4O6S. The van der Waals surface area contributed by atoms with E-state index in [9.17, 15) is 41.2 Å². The minimum Gasteiger partial charge on any atom is -0.377 e. The van der Waals surface area contributed by atoms with Crippen LogP contribution in [-0.4, -0.2) is 56.7 Å². The number of benzene rings is 2. The number of imide groups is 1. The Kier molecular flexibility index (Phi) is 6.67. The number of alkyl halides is 3. The van der Waals surface area contributed by atoms with Gasteiger partial charge >= 0.3 is 18.2 Å². The maximum absolute atomic E-state index is 14.1. The first kappa shape index (κ1) is 27.4. The highest BCUT2D eigenvalue weighted by molar-refractivity contribution is 7.90. The van der Waals surface area contributed by atoms with Gasteiger partial charge in [-0.3, -0.25) is 9.69 Å². The number of sulfone groups is 1. The zero-order valence-corrected chi connectivity index (χ0v) is 21.7. The topological polar surface area (TPSA) is 137 Å². The number of Topliss-reactive ketones (excluding diaryl/α,β-unsaturated/α-hetero) is 1. The number of carbonyl (C=O) groups excluding carboxylic acids is 3. The van der Waals surface area contributed by atoms with E-state index in [1.807, 2.05) is 6.07 Å². The van der Waals surface area contributed by atoms with Crippen molar-refractivity contribution in [3.8, 4) is 6.07 Å². The molecule has 1 fully saturated rings. The summed E-state index contributed by atoms with van der Waals surface area (Å²) in [7, 11) is -4.05. The van der Waals surface area contributed by atoms with Gasteiger partial charge in [-0.1, -0.05) is 12.1 Å². The van der Waals surface area contributed by atoms with E-state index in [-0.39, 0.29) is 59.0 Å². The van der Waals surface area contributed by atoms with Gasteiger partial charge in [-0.25, -0.2) is 22.9 Å². The lowest BCUT2D eigenvalue weighted by Crippen LogP contribution is -2.59. The van der Waals surface area contributed by atoms with Gasteiger partial charge in [0.2, 0.25) is 0 Å². The van der Waals surface area contributed by atoms with E-state index in [1.54, 1.807) is 0 Å². The van der Waals surface area contributed by atoms with Gasteiger partial charge < -0.3 is 10.1 Å². The molecule has 0 unspecified atom stereocenters. The summed E-state index contributed by atoms with van der Waals surface area (Å²) in [6.45, 7) is 0.294. The Hall–Kier alpha value is -4.22.